The lowest BCUT2D eigenvalue weighted by Crippen LogP contribution is -1.99. The number of unbranched alkanes of at least 4 members (excludes halogenated alkanes) is 6. The minimum atomic E-state index is -0.400. The van der Waals surface area contributed by atoms with Crippen molar-refractivity contribution in [3.05, 3.63) is 0 Å². The highest BCUT2D eigenvalue weighted by Crippen LogP contribution is 2.05. The molecule has 0 saturated carbocycles. The molecule has 0 aromatic rings. The van der Waals surface area contributed by atoms with E-state index >= 15 is 0 Å². The normalized spacial score (nSPS) is 9.20. The third-order valence-electron chi connectivity index (χ3n) is 2.12. The molecule has 15 heavy (non-hydrogen) atoms. The van der Waals surface area contributed by atoms with Crippen LogP contribution in [-0.4, -0.2) is 12.6 Å². The molecule has 0 aliphatic rings. The van der Waals surface area contributed by atoms with Crippen molar-refractivity contribution in [2.24, 2.45) is 0 Å². The predicted molar refractivity (Wildman–Crippen MR) is 62.4 cm³/mol. The molecule has 0 bridgehead atoms. The highest BCUT2D eigenvalue weighted by Gasteiger charge is 1.92. The maximum absolute atomic E-state index is 10.8. The van der Waals surface area contributed by atoms with Crippen LogP contribution in [0.25, 0.3) is 0 Å². The molecule has 0 heterocycles. The number of esters is 1. The highest BCUT2D eigenvalue weighted by molar-refractivity contribution is 5.88. The molecule has 0 unspecified atom stereocenters. The fourth-order valence-electron chi connectivity index (χ4n) is 1.30. The van der Waals surface area contributed by atoms with Crippen LogP contribution in [0.4, 0.5) is 0 Å². The monoisotopic (exact) mass is 210 g/mol. The minimum absolute atomic E-state index is 0.400. The quantitative estimate of drug-likeness (QED) is 0.279. The van der Waals surface area contributed by atoms with E-state index in [1.54, 1.807) is 6.92 Å². The number of carbonyl (C=O) groups is 1. The average molecular weight is 210 g/mol. The zero-order valence-corrected chi connectivity index (χ0v) is 9.97. The molecular weight excluding hydrogens is 188 g/mol. The van der Waals surface area contributed by atoms with E-state index in [4.69, 9.17) is 0 Å². The smallest absolute Gasteiger partial charge is 0.384 e. The fourth-order valence-corrected chi connectivity index (χ4v) is 1.30. The predicted octanol–water partition coefficient (Wildman–Crippen LogP) is 3.30. The lowest BCUT2D eigenvalue weighted by atomic mass is 10.1. The van der Waals surface area contributed by atoms with E-state index in [1.165, 1.54) is 32.1 Å². The molecule has 86 valence electrons. The Hall–Kier alpha value is -0.970. The average Bonchev–Trinajstić information content (AvgIpc) is 2.22. The van der Waals surface area contributed by atoms with Crippen LogP contribution in [0, 0.1) is 11.8 Å². The zero-order valence-electron chi connectivity index (χ0n) is 9.97. The van der Waals surface area contributed by atoms with Gasteiger partial charge < -0.3 is 4.74 Å². The van der Waals surface area contributed by atoms with E-state index in [0.717, 1.165) is 12.8 Å². The van der Waals surface area contributed by atoms with Crippen molar-refractivity contribution in [3.63, 3.8) is 0 Å². The van der Waals surface area contributed by atoms with E-state index in [1.807, 2.05) is 0 Å². The van der Waals surface area contributed by atoms with Gasteiger partial charge in [0.05, 0.1) is 6.61 Å². The van der Waals surface area contributed by atoms with Crippen LogP contribution in [0.3, 0.4) is 0 Å². The van der Waals surface area contributed by atoms with Crippen LogP contribution in [0.2, 0.25) is 0 Å². The van der Waals surface area contributed by atoms with Gasteiger partial charge in [0.1, 0.15) is 0 Å². The first-order valence-electron chi connectivity index (χ1n) is 5.96. The number of hydrogen-bond acceptors (Lipinski definition) is 2. The Kier molecular flexibility index (Phi) is 10.4. The van der Waals surface area contributed by atoms with Crippen LogP contribution >= 0.6 is 0 Å². The van der Waals surface area contributed by atoms with E-state index in [0.29, 0.717) is 6.61 Å². The summed E-state index contributed by atoms with van der Waals surface area (Å²) in [5, 5.41) is 0. The summed E-state index contributed by atoms with van der Waals surface area (Å²) in [4.78, 5) is 10.8. The second-order valence-corrected chi connectivity index (χ2v) is 3.54. The van der Waals surface area contributed by atoms with Crippen LogP contribution in [0.5, 0.6) is 0 Å². The Morgan fingerprint density at radius 1 is 1.07 bits per heavy atom. The Balaban J connectivity index is 3.26. The third-order valence-corrected chi connectivity index (χ3v) is 2.12. The van der Waals surface area contributed by atoms with Gasteiger partial charge in [-0.1, -0.05) is 44.9 Å². The second kappa shape index (κ2) is 11.1. The molecule has 0 radical (unpaired) electrons. The van der Waals surface area contributed by atoms with Gasteiger partial charge in [-0.15, -0.1) is 0 Å². The number of carbonyl (C=O) groups excluding carboxylic acids is 1. The fraction of sp³-hybridized carbons (Fsp3) is 0.769. The van der Waals surface area contributed by atoms with Gasteiger partial charge in [-0.05, 0) is 13.3 Å². The van der Waals surface area contributed by atoms with Gasteiger partial charge >= 0.3 is 5.97 Å². The summed E-state index contributed by atoms with van der Waals surface area (Å²) in [7, 11) is 0. The topological polar surface area (TPSA) is 26.3 Å². The minimum Gasteiger partial charge on any atom is -0.456 e. The van der Waals surface area contributed by atoms with Crippen LogP contribution in [-0.2, 0) is 9.53 Å². The number of hydrogen-bond donors (Lipinski definition) is 0. The van der Waals surface area contributed by atoms with Crippen molar-refractivity contribution in [3.8, 4) is 11.8 Å². The number of ether oxygens (including phenoxy) is 1. The Labute approximate surface area is 93.4 Å². The third kappa shape index (κ3) is 11.0. The number of rotatable bonds is 7. The molecule has 0 fully saturated rings. The maximum atomic E-state index is 10.8. The van der Waals surface area contributed by atoms with Gasteiger partial charge in [0, 0.05) is 12.3 Å². The van der Waals surface area contributed by atoms with E-state index in [-0.39, 0.29) is 0 Å². The molecular formula is C13H22O2. The Morgan fingerprint density at radius 2 is 1.73 bits per heavy atom. The molecule has 0 atom stereocenters. The Morgan fingerprint density at radius 3 is 2.40 bits per heavy atom. The molecule has 0 spiro atoms. The lowest BCUT2D eigenvalue weighted by molar-refractivity contribution is -0.136. The van der Waals surface area contributed by atoms with Crippen LogP contribution < -0.4 is 0 Å². The molecule has 0 N–H and O–H groups in total. The van der Waals surface area contributed by atoms with Gasteiger partial charge in [-0.25, -0.2) is 4.79 Å². The molecule has 2 heteroatoms. The first-order chi connectivity index (χ1) is 7.31. The van der Waals surface area contributed by atoms with Crippen molar-refractivity contribution in [1.82, 2.24) is 0 Å². The lowest BCUT2D eigenvalue weighted by Gasteiger charge is -1.96. The van der Waals surface area contributed by atoms with Crippen LogP contribution in [0.1, 0.15) is 58.8 Å². The first kappa shape index (κ1) is 14.0. The summed E-state index contributed by atoms with van der Waals surface area (Å²) in [6, 6.07) is 0. The molecule has 0 aromatic heterocycles. The van der Waals surface area contributed by atoms with Gasteiger partial charge in [-0.3, -0.25) is 0 Å². The standard InChI is InChI=1S/C13H22O2/c1-3-5-6-7-8-9-10-11-12-13(14)15-4-2/h3-10H2,1-2H3. The summed E-state index contributed by atoms with van der Waals surface area (Å²) in [5.41, 5.74) is 0. The van der Waals surface area contributed by atoms with Gasteiger partial charge in [0.15, 0.2) is 0 Å². The van der Waals surface area contributed by atoms with Crippen molar-refractivity contribution < 1.29 is 9.53 Å². The van der Waals surface area contributed by atoms with E-state index in [9.17, 15) is 4.79 Å². The summed E-state index contributed by atoms with van der Waals surface area (Å²) >= 11 is 0. The second-order valence-electron chi connectivity index (χ2n) is 3.54. The van der Waals surface area contributed by atoms with Gasteiger partial charge in [0.2, 0.25) is 0 Å². The first-order valence-corrected chi connectivity index (χ1v) is 5.96. The largest absolute Gasteiger partial charge is 0.456 e. The van der Waals surface area contributed by atoms with Crippen molar-refractivity contribution in [1.29, 1.82) is 0 Å². The summed E-state index contributed by atoms with van der Waals surface area (Å²) < 4.78 is 4.69. The van der Waals surface area contributed by atoms with Crippen molar-refractivity contribution in [2.75, 3.05) is 6.61 Å². The van der Waals surface area contributed by atoms with Crippen molar-refractivity contribution >= 4 is 5.97 Å². The molecule has 0 rings (SSSR count). The zero-order chi connectivity index (χ0) is 11.4. The van der Waals surface area contributed by atoms with E-state index in [2.05, 4.69) is 23.5 Å². The summed E-state index contributed by atoms with van der Waals surface area (Å²) in [6.45, 7) is 4.41. The molecule has 0 aliphatic carbocycles. The molecule has 0 saturated heterocycles. The maximum Gasteiger partial charge on any atom is 0.384 e. The van der Waals surface area contributed by atoms with Crippen LogP contribution in [0.15, 0.2) is 0 Å². The SMILES string of the molecule is CCCCCCCCC#CC(=O)OCC. The highest BCUT2D eigenvalue weighted by atomic mass is 16.5. The van der Waals surface area contributed by atoms with Gasteiger partial charge in [0.25, 0.3) is 0 Å². The summed E-state index contributed by atoms with van der Waals surface area (Å²) in [6.07, 6.45) is 8.34. The van der Waals surface area contributed by atoms with Crippen molar-refractivity contribution in [2.45, 2.75) is 58.8 Å². The molecule has 0 aromatic carbocycles. The Bertz CT molecular complexity index is 210. The molecule has 2 nitrogen and oxygen atoms in total. The summed E-state index contributed by atoms with van der Waals surface area (Å²) in [5.74, 6) is 4.91. The van der Waals surface area contributed by atoms with Gasteiger partial charge in [-0.2, -0.15) is 0 Å². The van der Waals surface area contributed by atoms with E-state index < -0.39 is 5.97 Å². The molecule has 0 aliphatic heterocycles. The molecule has 0 amide bonds.